The molecule has 0 saturated heterocycles. The van der Waals surface area contributed by atoms with Crippen LogP contribution in [0.25, 0.3) is 16.2 Å². The maximum Gasteiger partial charge on any atom is 0.270 e. The van der Waals surface area contributed by atoms with Gasteiger partial charge in [0.05, 0.1) is 12.8 Å². The molecule has 2 aromatic heterocycles. The lowest BCUT2D eigenvalue weighted by Crippen LogP contribution is -2.55. The number of nitrogens with two attached hydrogens (primary N) is 1. The maximum absolute atomic E-state index is 14.0. The van der Waals surface area contributed by atoms with E-state index in [1.165, 1.54) is 30.6 Å². The number of amides is 2. The molecule has 0 aliphatic heterocycles. The van der Waals surface area contributed by atoms with Gasteiger partial charge in [-0.2, -0.15) is 0 Å². The molecule has 7 nitrogen and oxygen atoms in total. The number of hydrogen-bond acceptors (Lipinski definition) is 5. The number of rotatable bonds is 5. The summed E-state index contributed by atoms with van der Waals surface area (Å²) in [6, 6.07) is 4.57. The normalized spacial score (nSPS) is 15.6. The Morgan fingerprint density at radius 2 is 2.11 bits per heavy atom. The summed E-state index contributed by atoms with van der Waals surface area (Å²) in [5.41, 5.74) is 6.03. The van der Waals surface area contributed by atoms with Gasteiger partial charge >= 0.3 is 0 Å². The van der Waals surface area contributed by atoms with Crippen molar-refractivity contribution in [1.29, 1.82) is 0 Å². The Morgan fingerprint density at radius 3 is 2.75 bits per heavy atom. The smallest absolute Gasteiger partial charge is 0.270 e. The molecule has 3 N–H and O–H groups in total. The van der Waals surface area contributed by atoms with Crippen molar-refractivity contribution < 1.29 is 18.7 Å². The lowest BCUT2D eigenvalue weighted by atomic mass is 9.96. The Hall–Kier alpha value is -2.94. The standard InChI is InChI=1S/C19H19FN4O3S/c1-27-15-5-4-11(8-12(15)20)13-9-24-14(10-28-18(24)22-13)16(25)23-19(17(21)26)6-2-3-7-19/h4-5,8-10H,2-3,6-7H2,1H3,(H2,21,26)(H,23,25). The van der Waals surface area contributed by atoms with Gasteiger partial charge in [-0.1, -0.05) is 12.8 Å². The minimum Gasteiger partial charge on any atom is -0.494 e. The van der Waals surface area contributed by atoms with Crippen LogP contribution in [0.5, 0.6) is 5.75 Å². The minimum atomic E-state index is -0.992. The monoisotopic (exact) mass is 402 g/mol. The van der Waals surface area contributed by atoms with Gasteiger partial charge in [0.1, 0.15) is 11.2 Å². The Kier molecular flexibility index (Phi) is 4.54. The van der Waals surface area contributed by atoms with Crippen LogP contribution in [0.1, 0.15) is 36.2 Å². The summed E-state index contributed by atoms with van der Waals surface area (Å²) in [6.07, 6.45) is 4.46. The molecule has 1 aromatic carbocycles. The molecular formula is C19H19FN4O3S. The van der Waals surface area contributed by atoms with Crippen molar-refractivity contribution in [1.82, 2.24) is 14.7 Å². The summed E-state index contributed by atoms with van der Waals surface area (Å²) >= 11 is 1.29. The molecule has 9 heteroatoms. The Morgan fingerprint density at radius 1 is 1.36 bits per heavy atom. The fourth-order valence-electron chi connectivity index (χ4n) is 3.60. The van der Waals surface area contributed by atoms with Crippen molar-refractivity contribution in [2.45, 2.75) is 31.2 Å². The number of methoxy groups -OCH3 is 1. The molecule has 1 saturated carbocycles. The van der Waals surface area contributed by atoms with Gasteiger partial charge in [-0.05, 0) is 31.0 Å². The number of hydrogen-bond donors (Lipinski definition) is 2. The quantitative estimate of drug-likeness (QED) is 0.685. The summed E-state index contributed by atoms with van der Waals surface area (Å²) in [5.74, 6) is -1.22. The first-order valence-electron chi connectivity index (χ1n) is 8.86. The number of halogens is 1. The first-order chi connectivity index (χ1) is 13.4. The summed E-state index contributed by atoms with van der Waals surface area (Å²) in [4.78, 5) is 29.8. The second-order valence-corrected chi connectivity index (χ2v) is 7.69. The number of thiazole rings is 1. The SMILES string of the molecule is COc1ccc(-c2cn3c(C(=O)NC4(C(N)=O)CCCC4)csc3n2)cc1F. The van der Waals surface area contributed by atoms with Crippen LogP contribution in [0, 0.1) is 5.82 Å². The fourth-order valence-corrected chi connectivity index (χ4v) is 4.46. The zero-order valence-electron chi connectivity index (χ0n) is 15.2. The molecule has 0 radical (unpaired) electrons. The number of nitrogens with zero attached hydrogens (tertiary/aromatic N) is 2. The highest BCUT2D eigenvalue weighted by molar-refractivity contribution is 7.15. The molecule has 0 spiro atoms. The first-order valence-corrected chi connectivity index (χ1v) is 9.74. The number of carbonyl (C=O) groups excluding carboxylic acids is 2. The Labute approximate surface area is 164 Å². The van der Waals surface area contributed by atoms with Gasteiger partial charge in [-0.3, -0.25) is 14.0 Å². The molecule has 0 unspecified atom stereocenters. The van der Waals surface area contributed by atoms with Crippen LogP contribution >= 0.6 is 11.3 Å². The van der Waals surface area contributed by atoms with E-state index in [-0.39, 0.29) is 11.7 Å². The predicted molar refractivity (Wildman–Crippen MR) is 103 cm³/mol. The third kappa shape index (κ3) is 3.01. The van der Waals surface area contributed by atoms with E-state index in [2.05, 4.69) is 10.3 Å². The first kappa shape index (κ1) is 18.4. The van der Waals surface area contributed by atoms with E-state index in [4.69, 9.17) is 10.5 Å². The fraction of sp³-hybridized carbons (Fsp3) is 0.316. The highest BCUT2D eigenvalue weighted by atomic mass is 32.1. The van der Waals surface area contributed by atoms with Crippen LogP contribution in [-0.2, 0) is 4.79 Å². The Balaban J connectivity index is 1.65. The van der Waals surface area contributed by atoms with E-state index in [0.29, 0.717) is 34.8 Å². The molecule has 4 rings (SSSR count). The number of benzene rings is 1. The van der Waals surface area contributed by atoms with Gasteiger partial charge in [-0.15, -0.1) is 11.3 Å². The molecule has 2 heterocycles. The lowest BCUT2D eigenvalue weighted by Gasteiger charge is -2.26. The van der Waals surface area contributed by atoms with Crippen LogP contribution in [-0.4, -0.2) is 33.8 Å². The van der Waals surface area contributed by atoms with Crippen molar-refractivity contribution in [3.05, 3.63) is 41.3 Å². The van der Waals surface area contributed by atoms with Crippen molar-refractivity contribution in [3.8, 4) is 17.0 Å². The van der Waals surface area contributed by atoms with Gasteiger partial charge in [0, 0.05) is 17.1 Å². The zero-order chi connectivity index (χ0) is 19.9. The molecule has 146 valence electrons. The average molecular weight is 402 g/mol. The summed E-state index contributed by atoms with van der Waals surface area (Å²) < 4.78 is 20.6. The highest BCUT2D eigenvalue weighted by Crippen LogP contribution is 2.31. The number of nitrogens with one attached hydrogen (secondary N) is 1. The van der Waals surface area contributed by atoms with E-state index in [9.17, 15) is 14.0 Å². The highest BCUT2D eigenvalue weighted by Gasteiger charge is 2.41. The largest absolute Gasteiger partial charge is 0.494 e. The lowest BCUT2D eigenvalue weighted by molar-refractivity contribution is -0.123. The second kappa shape index (κ2) is 6.90. The van der Waals surface area contributed by atoms with Crippen LogP contribution in [0.4, 0.5) is 4.39 Å². The summed E-state index contributed by atoms with van der Waals surface area (Å²) in [7, 11) is 1.40. The molecule has 1 fully saturated rings. The molecule has 28 heavy (non-hydrogen) atoms. The molecule has 3 aromatic rings. The van der Waals surface area contributed by atoms with Crippen molar-refractivity contribution in [2.24, 2.45) is 5.73 Å². The average Bonchev–Trinajstić information content (AvgIpc) is 3.37. The number of imidazole rings is 1. The van der Waals surface area contributed by atoms with E-state index in [1.54, 1.807) is 22.0 Å². The van der Waals surface area contributed by atoms with Crippen molar-refractivity contribution in [2.75, 3.05) is 7.11 Å². The van der Waals surface area contributed by atoms with Crippen LogP contribution in [0.15, 0.2) is 29.8 Å². The van der Waals surface area contributed by atoms with E-state index >= 15 is 0 Å². The molecule has 0 bridgehead atoms. The van der Waals surface area contributed by atoms with Crippen LogP contribution in [0.3, 0.4) is 0 Å². The van der Waals surface area contributed by atoms with Gasteiger partial charge in [0.25, 0.3) is 5.91 Å². The second-order valence-electron chi connectivity index (χ2n) is 6.86. The molecule has 0 atom stereocenters. The van der Waals surface area contributed by atoms with E-state index in [0.717, 1.165) is 12.8 Å². The zero-order valence-corrected chi connectivity index (χ0v) is 16.0. The summed E-state index contributed by atoms with van der Waals surface area (Å²) in [5, 5.41) is 4.51. The van der Waals surface area contributed by atoms with Gasteiger partial charge in [0.2, 0.25) is 5.91 Å². The van der Waals surface area contributed by atoms with E-state index in [1.807, 2.05) is 0 Å². The topological polar surface area (TPSA) is 98.7 Å². The van der Waals surface area contributed by atoms with Crippen molar-refractivity contribution in [3.63, 3.8) is 0 Å². The maximum atomic E-state index is 14.0. The van der Waals surface area contributed by atoms with Gasteiger partial charge < -0.3 is 15.8 Å². The third-order valence-corrected chi connectivity index (χ3v) is 6.01. The molecule has 2 amide bonds. The van der Waals surface area contributed by atoms with Crippen LogP contribution < -0.4 is 15.8 Å². The van der Waals surface area contributed by atoms with Gasteiger partial charge in [0.15, 0.2) is 16.5 Å². The Bertz CT molecular complexity index is 1070. The molecule has 1 aliphatic carbocycles. The van der Waals surface area contributed by atoms with Crippen LogP contribution in [0.2, 0.25) is 0 Å². The number of ether oxygens (including phenoxy) is 1. The molecule has 1 aliphatic rings. The number of aromatic nitrogens is 2. The third-order valence-electron chi connectivity index (χ3n) is 5.17. The number of primary amides is 1. The minimum absolute atomic E-state index is 0.151. The summed E-state index contributed by atoms with van der Waals surface area (Å²) in [6.45, 7) is 0. The van der Waals surface area contributed by atoms with E-state index < -0.39 is 17.3 Å². The number of carbonyl (C=O) groups is 2. The predicted octanol–water partition coefficient (Wildman–Crippen LogP) is 2.74. The number of fused-ring (bicyclic) bond motifs is 1. The van der Waals surface area contributed by atoms with Crippen molar-refractivity contribution >= 4 is 28.1 Å². The molecular weight excluding hydrogens is 383 g/mol. The van der Waals surface area contributed by atoms with Gasteiger partial charge in [-0.25, -0.2) is 9.37 Å².